The predicted molar refractivity (Wildman–Crippen MR) is 96.1 cm³/mol. The Kier molecular flexibility index (Phi) is 11.9. The van der Waals surface area contributed by atoms with E-state index in [1.807, 2.05) is 0 Å². The van der Waals surface area contributed by atoms with E-state index < -0.39 is 0 Å². The molecule has 0 amide bonds. The second kappa shape index (κ2) is 13.6. The molecule has 0 aromatic carbocycles. The summed E-state index contributed by atoms with van der Waals surface area (Å²) >= 11 is 0. The highest BCUT2D eigenvalue weighted by molar-refractivity contribution is 5.79. The molecule has 0 saturated carbocycles. The molecule has 1 aliphatic rings. The van der Waals surface area contributed by atoms with E-state index in [1.54, 1.807) is 0 Å². The fraction of sp³-hybridized carbons (Fsp3) is 0.941. The van der Waals surface area contributed by atoms with Gasteiger partial charge >= 0.3 is 0 Å². The van der Waals surface area contributed by atoms with Crippen molar-refractivity contribution in [2.45, 2.75) is 33.6 Å². The summed E-state index contributed by atoms with van der Waals surface area (Å²) in [6.45, 7) is 15.5. The Morgan fingerprint density at radius 1 is 1.22 bits per heavy atom. The Bertz CT molecular complexity index is 305. The predicted octanol–water partition coefficient (Wildman–Crippen LogP) is 1.33. The van der Waals surface area contributed by atoms with Crippen LogP contribution in [0.4, 0.5) is 0 Å². The normalized spacial score (nSPS) is 16.8. The lowest BCUT2D eigenvalue weighted by Gasteiger charge is -2.26. The number of nitrogens with zero attached hydrogens (tertiary/aromatic N) is 2. The highest BCUT2D eigenvalue weighted by atomic mass is 16.5. The molecule has 0 aliphatic carbocycles. The van der Waals surface area contributed by atoms with E-state index in [2.05, 4.69) is 41.3 Å². The van der Waals surface area contributed by atoms with Crippen molar-refractivity contribution in [3.63, 3.8) is 0 Å². The van der Waals surface area contributed by atoms with Crippen LogP contribution in [0.2, 0.25) is 0 Å². The van der Waals surface area contributed by atoms with Crippen molar-refractivity contribution < 1.29 is 9.47 Å². The number of guanidine groups is 1. The van der Waals surface area contributed by atoms with Gasteiger partial charge in [-0.05, 0) is 25.7 Å². The number of morpholine rings is 1. The third-order valence-corrected chi connectivity index (χ3v) is 3.73. The molecular formula is C17H36N4O2. The quantitative estimate of drug-likeness (QED) is 0.340. The van der Waals surface area contributed by atoms with Crippen LogP contribution in [-0.4, -0.2) is 76.6 Å². The minimum Gasteiger partial charge on any atom is -0.380 e. The van der Waals surface area contributed by atoms with Crippen molar-refractivity contribution >= 4 is 5.96 Å². The molecule has 1 heterocycles. The van der Waals surface area contributed by atoms with Crippen LogP contribution in [0.15, 0.2) is 4.99 Å². The van der Waals surface area contributed by atoms with Gasteiger partial charge in [0.1, 0.15) is 0 Å². The molecule has 0 bridgehead atoms. The standard InChI is InChI=1S/C17H36N4O2/c1-4-18-17(20-8-13-22-12-6-16(2)3)19-7-5-9-21-10-14-23-15-11-21/h16H,4-15H2,1-3H3,(H2,18,19,20). The summed E-state index contributed by atoms with van der Waals surface area (Å²) in [4.78, 5) is 7.07. The molecule has 6 nitrogen and oxygen atoms in total. The van der Waals surface area contributed by atoms with Gasteiger partial charge in [-0.15, -0.1) is 0 Å². The number of nitrogens with one attached hydrogen (secondary N) is 2. The van der Waals surface area contributed by atoms with Gasteiger partial charge in [-0.25, -0.2) is 0 Å². The third-order valence-electron chi connectivity index (χ3n) is 3.73. The second-order valence-electron chi connectivity index (χ2n) is 6.29. The minimum atomic E-state index is 0.702. The van der Waals surface area contributed by atoms with E-state index in [9.17, 15) is 0 Å². The maximum atomic E-state index is 5.61. The molecule has 1 saturated heterocycles. The Morgan fingerprint density at radius 2 is 2.00 bits per heavy atom. The monoisotopic (exact) mass is 328 g/mol. The van der Waals surface area contributed by atoms with Gasteiger partial charge in [-0.1, -0.05) is 13.8 Å². The van der Waals surface area contributed by atoms with E-state index in [4.69, 9.17) is 9.47 Å². The van der Waals surface area contributed by atoms with Gasteiger partial charge in [0.15, 0.2) is 5.96 Å². The summed E-state index contributed by atoms with van der Waals surface area (Å²) in [5, 5.41) is 6.61. The van der Waals surface area contributed by atoms with E-state index in [0.717, 1.165) is 84.5 Å². The zero-order chi connectivity index (χ0) is 16.8. The Balaban J connectivity index is 2.09. The fourth-order valence-corrected chi connectivity index (χ4v) is 2.31. The van der Waals surface area contributed by atoms with Gasteiger partial charge in [-0.3, -0.25) is 9.89 Å². The number of ether oxygens (including phenoxy) is 2. The summed E-state index contributed by atoms with van der Waals surface area (Å²) in [5.74, 6) is 1.59. The smallest absolute Gasteiger partial charge is 0.191 e. The SMILES string of the molecule is CCNC(=NCCCN1CCOCC1)NCCOCCC(C)C. The highest BCUT2D eigenvalue weighted by Crippen LogP contribution is 1.99. The van der Waals surface area contributed by atoms with Crippen molar-refractivity contribution in [2.24, 2.45) is 10.9 Å². The minimum absolute atomic E-state index is 0.702. The zero-order valence-electron chi connectivity index (χ0n) is 15.3. The molecule has 0 radical (unpaired) electrons. The van der Waals surface area contributed by atoms with Crippen LogP contribution < -0.4 is 10.6 Å². The molecule has 0 aromatic rings. The second-order valence-corrected chi connectivity index (χ2v) is 6.29. The number of hydrogen-bond acceptors (Lipinski definition) is 4. The molecule has 0 aromatic heterocycles. The molecule has 0 spiro atoms. The van der Waals surface area contributed by atoms with Gasteiger partial charge in [0.05, 0.1) is 19.8 Å². The van der Waals surface area contributed by atoms with Crippen molar-refractivity contribution in [1.29, 1.82) is 0 Å². The summed E-state index contributed by atoms with van der Waals surface area (Å²) in [7, 11) is 0. The number of aliphatic imine (C=N–C) groups is 1. The molecule has 0 unspecified atom stereocenters. The van der Waals surface area contributed by atoms with Crippen LogP contribution in [0, 0.1) is 5.92 Å². The van der Waals surface area contributed by atoms with Crippen LogP contribution in [0.25, 0.3) is 0 Å². The summed E-state index contributed by atoms with van der Waals surface area (Å²) in [6, 6.07) is 0. The molecule has 23 heavy (non-hydrogen) atoms. The number of rotatable bonds is 11. The average molecular weight is 329 g/mol. The van der Waals surface area contributed by atoms with Crippen LogP contribution in [0.1, 0.15) is 33.6 Å². The first-order chi connectivity index (χ1) is 11.2. The number of hydrogen-bond donors (Lipinski definition) is 2. The Morgan fingerprint density at radius 3 is 2.70 bits per heavy atom. The van der Waals surface area contributed by atoms with Crippen LogP contribution in [0.3, 0.4) is 0 Å². The molecule has 1 rings (SSSR count). The van der Waals surface area contributed by atoms with E-state index in [1.165, 1.54) is 0 Å². The summed E-state index contributed by atoms with van der Waals surface area (Å²) < 4.78 is 11.0. The lowest BCUT2D eigenvalue weighted by molar-refractivity contribution is 0.0377. The van der Waals surface area contributed by atoms with Crippen molar-refractivity contribution in [1.82, 2.24) is 15.5 Å². The van der Waals surface area contributed by atoms with Crippen molar-refractivity contribution in [3.05, 3.63) is 0 Å². The zero-order valence-corrected chi connectivity index (χ0v) is 15.3. The Labute approximate surface area is 142 Å². The maximum absolute atomic E-state index is 5.61. The van der Waals surface area contributed by atoms with Gasteiger partial charge in [0.25, 0.3) is 0 Å². The molecule has 6 heteroatoms. The molecule has 2 N–H and O–H groups in total. The molecule has 0 atom stereocenters. The molecular weight excluding hydrogens is 292 g/mol. The first-order valence-corrected chi connectivity index (χ1v) is 9.12. The van der Waals surface area contributed by atoms with Crippen molar-refractivity contribution in [2.75, 3.05) is 65.7 Å². The van der Waals surface area contributed by atoms with Crippen LogP contribution >= 0.6 is 0 Å². The van der Waals surface area contributed by atoms with E-state index >= 15 is 0 Å². The third kappa shape index (κ3) is 11.3. The van der Waals surface area contributed by atoms with Gasteiger partial charge in [0, 0.05) is 45.9 Å². The Hall–Kier alpha value is -0.850. The first kappa shape index (κ1) is 20.2. The molecule has 1 aliphatic heterocycles. The maximum Gasteiger partial charge on any atom is 0.191 e. The van der Waals surface area contributed by atoms with Crippen LogP contribution in [-0.2, 0) is 9.47 Å². The fourth-order valence-electron chi connectivity index (χ4n) is 2.31. The lowest BCUT2D eigenvalue weighted by Crippen LogP contribution is -2.39. The lowest BCUT2D eigenvalue weighted by atomic mass is 10.1. The average Bonchev–Trinajstić information content (AvgIpc) is 2.55. The van der Waals surface area contributed by atoms with Gasteiger partial charge in [0.2, 0.25) is 0 Å². The largest absolute Gasteiger partial charge is 0.380 e. The van der Waals surface area contributed by atoms with Gasteiger partial charge in [-0.2, -0.15) is 0 Å². The topological polar surface area (TPSA) is 58.1 Å². The molecule has 1 fully saturated rings. The summed E-state index contributed by atoms with van der Waals surface area (Å²) in [6.07, 6.45) is 2.21. The molecule has 136 valence electrons. The van der Waals surface area contributed by atoms with Crippen molar-refractivity contribution in [3.8, 4) is 0 Å². The first-order valence-electron chi connectivity index (χ1n) is 9.12. The van der Waals surface area contributed by atoms with Crippen LogP contribution in [0.5, 0.6) is 0 Å². The van der Waals surface area contributed by atoms with E-state index in [-0.39, 0.29) is 0 Å². The highest BCUT2D eigenvalue weighted by Gasteiger charge is 2.08. The van der Waals surface area contributed by atoms with Gasteiger partial charge < -0.3 is 20.1 Å². The summed E-state index contributed by atoms with van der Waals surface area (Å²) in [5.41, 5.74) is 0. The van der Waals surface area contributed by atoms with E-state index in [0.29, 0.717) is 5.92 Å².